The molecular weight excluding hydrogens is 308 g/mol. The first-order chi connectivity index (χ1) is 10.6. The molecule has 23 heavy (non-hydrogen) atoms. The van der Waals surface area contributed by atoms with Crippen LogP contribution in [-0.4, -0.2) is 39.2 Å². The highest BCUT2D eigenvalue weighted by atomic mass is 28.4. The molecule has 1 aromatic carbocycles. The number of esters is 1. The minimum atomic E-state index is -1.96. The van der Waals surface area contributed by atoms with E-state index in [2.05, 4.69) is 33.9 Å². The Morgan fingerprint density at radius 3 is 2.26 bits per heavy atom. The Labute approximate surface area is 140 Å². The lowest BCUT2D eigenvalue weighted by Crippen LogP contribution is -2.44. The number of carbonyl (C=O) groups is 1. The van der Waals surface area contributed by atoms with E-state index in [-0.39, 0.29) is 11.6 Å². The lowest BCUT2D eigenvalue weighted by molar-refractivity contribution is -0.150. The molecule has 0 saturated carbocycles. The van der Waals surface area contributed by atoms with Gasteiger partial charge in [-0.3, -0.25) is 4.79 Å². The summed E-state index contributed by atoms with van der Waals surface area (Å²) in [5.41, 5.74) is 0.995. The molecule has 0 aliphatic carbocycles. The van der Waals surface area contributed by atoms with E-state index in [4.69, 9.17) is 9.16 Å². The van der Waals surface area contributed by atoms with Gasteiger partial charge in [-0.15, -0.1) is 0 Å². The Balaban J connectivity index is 2.77. The van der Waals surface area contributed by atoms with Crippen LogP contribution in [0.4, 0.5) is 0 Å². The first kappa shape index (κ1) is 19.9. The van der Waals surface area contributed by atoms with Gasteiger partial charge < -0.3 is 14.3 Å². The lowest BCUT2D eigenvalue weighted by Gasteiger charge is -2.37. The minimum absolute atomic E-state index is 0.0624. The molecule has 0 unspecified atom stereocenters. The molecule has 0 saturated heterocycles. The lowest BCUT2D eigenvalue weighted by atomic mass is 9.94. The number of aliphatic hydroxyl groups is 1. The van der Waals surface area contributed by atoms with Gasteiger partial charge in [0.15, 0.2) is 8.32 Å². The molecule has 1 rings (SSSR count). The SMILES string of the molecule is COC(=O)[C@@H](Cc1ccccc1)[C@H](O)CO[Si](C)(C)C(C)(C)C. The summed E-state index contributed by atoms with van der Waals surface area (Å²) in [6.07, 6.45) is -0.438. The maximum Gasteiger partial charge on any atom is 0.311 e. The third kappa shape index (κ3) is 5.75. The molecule has 0 aliphatic heterocycles. The molecule has 2 atom stereocenters. The van der Waals surface area contributed by atoms with Gasteiger partial charge in [0.1, 0.15) is 0 Å². The predicted molar refractivity (Wildman–Crippen MR) is 94.8 cm³/mol. The average molecular weight is 339 g/mol. The molecular formula is C18H30O4Si. The molecule has 5 heteroatoms. The van der Waals surface area contributed by atoms with Crippen molar-refractivity contribution >= 4 is 14.3 Å². The van der Waals surface area contributed by atoms with E-state index in [1.807, 2.05) is 30.3 Å². The van der Waals surface area contributed by atoms with Crippen molar-refractivity contribution in [1.29, 1.82) is 0 Å². The Morgan fingerprint density at radius 2 is 1.78 bits per heavy atom. The van der Waals surface area contributed by atoms with Crippen LogP contribution in [-0.2, 0) is 20.4 Å². The van der Waals surface area contributed by atoms with Crippen molar-refractivity contribution in [3.63, 3.8) is 0 Å². The number of methoxy groups -OCH3 is 1. The van der Waals surface area contributed by atoms with Gasteiger partial charge in [-0.2, -0.15) is 0 Å². The number of benzene rings is 1. The summed E-state index contributed by atoms with van der Waals surface area (Å²) in [4.78, 5) is 12.1. The maximum atomic E-state index is 12.1. The van der Waals surface area contributed by atoms with E-state index >= 15 is 0 Å². The Morgan fingerprint density at radius 1 is 1.22 bits per heavy atom. The van der Waals surface area contributed by atoms with Crippen LogP contribution in [0.5, 0.6) is 0 Å². The molecule has 0 amide bonds. The van der Waals surface area contributed by atoms with Gasteiger partial charge in [0.2, 0.25) is 0 Å². The van der Waals surface area contributed by atoms with Crippen molar-refractivity contribution in [3.8, 4) is 0 Å². The summed E-state index contributed by atoms with van der Waals surface area (Å²) < 4.78 is 10.9. The van der Waals surface area contributed by atoms with Gasteiger partial charge >= 0.3 is 5.97 Å². The van der Waals surface area contributed by atoms with E-state index in [1.54, 1.807) is 0 Å². The van der Waals surface area contributed by atoms with Crippen molar-refractivity contribution in [2.45, 2.75) is 51.4 Å². The number of ether oxygens (including phenoxy) is 1. The smallest absolute Gasteiger partial charge is 0.311 e. The summed E-state index contributed by atoms with van der Waals surface area (Å²) in [7, 11) is -0.614. The van der Waals surface area contributed by atoms with Crippen LogP contribution in [0.3, 0.4) is 0 Å². The van der Waals surface area contributed by atoms with Crippen molar-refractivity contribution < 1.29 is 19.1 Å². The quantitative estimate of drug-likeness (QED) is 0.611. The molecule has 4 nitrogen and oxygen atoms in total. The molecule has 0 fully saturated rings. The largest absolute Gasteiger partial charge is 0.469 e. The third-order valence-corrected chi connectivity index (χ3v) is 9.19. The molecule has 0 radical (unpaired) electrons. The Hall–Kier alpha value is -1.17. The topological polar surface area (TPSA) is 55.8 Å². The van der Waals surface area contributed by atoms with E-state index in [9.17, 15) is 9.90 Å². The van der Waals surface area contributed by atoms with Crippen LogP contribution >= 0.6 is 0 Å². The van der Waals surface area contributed by atoms with E-state index in [1.165, 1.54) is 7.11 Å². The van der Waals surface area contributed by atoms with Crippen molar-refractivity contribution in [3.05, 3.63) is 35.9 Å². The monoisotopic (exact) mass is 338 g/mol. The second kappa shape index (κ2) is 8.08. The highest BCUT2D eigenvalue weighted by Gasteiger charge is 2.38. The van der Waals surface area contributed by atoms with Crippen molar-refractivity contribution in [2.75, 3.05) is 13.7 Å². The van der Waals surface area contributed by atoms with Gasteiger partial charge in [0, 0.05) is 0 Å². The van der Waals surface area contributed by atoms with Gasteiger partial charge in [-0.1, -0.05) is 51.1 Å². The zero-order chi connectivity index (χ0) is 17.7. The van der Waals surface area contributed by atoms with Gasteiger partial charge in [0.25, 0.3) is 0 Å². The normalized spacial score (nSPS) is 15.1. The molecule has 130 valence electrons. The van der Waals surface area contributed by atoms with Crippen LogP contribution in [0.15, 0.2) is 30.3 Å². The number of hydrogen-bond donors (Lipinski definition) is 1. The standard InChI is InChI=1S/C18H30O4Si/c1-18(2,3)23(5,6)22-13-16(19)15(17(20)21-4)12-14-10-8-7-9-11-14/h7-11,15-16,19H,12-13H2,1-6H3/t15-,16+/m0/s1. The van der Waals surface area contributed by atoms with Gasteiger partial charge in [0.05, 0.1) is 25.7 Å². The van der Waals surface area contributed by atoms with Crippen molar-refractivity contribution in [1.82, 2.24) is 0 Å². The summed E-state index contributed by atoms with van der Waals surface area (Å²) >= 11 is 0. The van der Waals surface area contributed by atoms with Crippen molar-refractivity contribution in [2.24, 2.45) is 5.92 Å². The van der Waals surface area contributed by atoms with Crippen LogP contribution in [0.1, 0.15) is 26.3 Å². The zero-order valence-corrected chi connectivity index (χ0v) is 16.1. The first-order valence-corrected chi connectivity index (χ1v) is 10.9. The second-order valence-corrected chi connectivity index (χ2v) is 12.3. The summed E-state index contributed by atoms with van der Waals surface area (Å²) in [6.45, 7) is 10.9. The Bertz CT molecular complexity index is 493. The van der Waals surface area contributed by atoms with Crippen LogP contribution < -0.4 is 0 Å². The molecule has 0 bridgehead atoms. The number of aliphatic hydroxyl groups excluding tert-OH is 1. The highest BCUT2D eigenvalue weighted by molar-refractivity contribution is 6.74. The molecule has 0 aliphatic rings. The Kier molecular flexibility index (Phi) is 6.98. The fraction of sp³-hybridized carbons (Fsp3) is 0.611. The predicted octanol–water partition coefficient (Wildman–Crippen LogP) is 3.40. The van der Waals surface area contributed by atoms with E-state index in [0.29, 0.717) is 6.42 Å². The number of carbonyl (C=O) groups excluding carboxylic acids is 1. The second-order valence-electron chi connectivity index (χ2n) is 7.46. The maximum absolute atomic E-state index is 12.1. The summed E-state index contributed by atoms with van der Waals surface area (Å²) in [5, 5.41) is 10.6. The van der Waals surface area contributed by atoms with Crippen LogP contribution in [0, 0.1) is 5.92 Å². The fourth-order valence-corrected chi connectivity index (χ4v) is 3.04. The molecule has 1 N–H and O–H groups in total. The zero-order valence-electron chi connectivity index (χ0n) is 15.1. The molecule has 0 aromatic heterocycles. The molecule has 1 aromatic rings. The third-order valence-electron chi connectivity index (χ3n) is 4.69. The highest BCUT2D eigenvalue weighted by Crippen LogP contribution is 2.36. The molecule has 0 spiro atoms. The summed E-state index contributed by atoms with van der Waals surface area (Å²) in [5.74, 6) is -1.02. The summed E-state index contributed by atoms with van der Waals surface area (Å²) in [6, 6.07) is 9.65. The van der Waals surface area contributed by atoms with Crippen LogP contribution in [0.25, 0.3) is 0 Å². The minimum Gasteiger partial charge on any atom is -0.469 e. The fourth-order valence-electron chi connectivity index (χ4n) is 2.02. The number of rotatable bonds is 7. The first-order valence-electron chi connectivity index (χ1n) is 8.02. The van der Waals surface area contributed by atoms with Crippen LogP contribution in [0.2, 0.25) is 18.1 Å². The van der Waals surface area contributed by atoms with Gasteiger partial charge in [-0.05, 0) is 30.1 Å². The van der Waals surface area contributed by atoms with E-state index in [0.717, 1.165) is 5.56 Å². The van der Waals surface area contributed by atoms with Gasteiger partial charge in [-0.25, -0.2) is 0 Å². The average Bonchev–Trinajstić information content (AvgIpc) is 2.49. The van der Waals surface area contributed by atoms with E-state index < -0.39 is 26.3 Å². The molecule has 0 heterocycles. The number of hydrogen-bond acceptors (Lipinski definition) is 4.